The van der Waals surface area contributed by atoms with Crippen molar-refractivity contribution >= 4 is 15.9 Å². The van der Waals surface area contributed by atoms with Gasteiger partial charge in [0.2, 0.25) is 0 Å². The molecule has 4 heteroatoms. The van der Waals surface area contributed by atoms with Crippen molar-refractivity contribution in [3.63, 3.8) is 0 Å². The Labute approximate surface area is 103 Å². The first-order chi connectivity index (χ1) is 7.63. The first-order valence-corrected chi connectivity index (χ1v) is 5.76. The van der Waals surface area contributed by atoms with Crippen LogP contribution in [-0.2, 0) is 7.05 Å². The Morgan fingerprint density at radius 2 is 2.12 bits per heavy atom. The standard InChI is InChI=1S/C12H13BrN2O/c1-8-14-11(12(13)15(8)2)9-5-4-6-10(7-9)16-3/h4-7H,1-3H3. The zero-order valence-corrected chi connectivity index (χ0v) is 11.1. The molecule has 1 aromatic carbocycles. The maximum Gasteiger partial charge on any atom is 0.119 e. The molecule has 0 atom stereocenters. The minimum atomic E-state index is 0.840. The lowest BCUT2D eigenvalue weighted by Gasteiger charge is -2.02. The molecule has 0 aliphatic rings. The highest BCUT2D eigenvalue weighted by Crippen LogP contribution is 2.29. The Bertz CT molecular complexity index is 520. The fourth-order valence-electron chi connectivity index (χ4n) is 1.54. The van der Waals surface area contributed by atoms with E-state index in [4.69, 9.17) is 4.74 Å². The van der Waals surface area contributed by atoms with Gasteiger partial charge in [-0.3, -0.25) is 0 Å². The summed E-state index contributed by atoms with van der Waals surface area (Å²) < 4.78 is 8.20. The molecule has 0 N–H and O–H groups in total. The molecule has 84 valence electrons. The van der Waals surface area contributed by atoms with E-state index in [0.29, 0.717) is 0 Å². The highest BCUT2D eigenvalue weighted by atomic mass is 79.9. The molecule has 0 spiro atoms. The van der Waals surface area contributed by atoms with Crippen LogP contribution in [0.25, 0.3) is 11.3 Å². The highest BCUT2D eigenvalue weighted by Gasteiger charge is 2.11. The van der Waals surface area contributed by atoms with Crippen molar-refractivity contribution in [1.82, 2.24) is 9.55 Å². The van der Waals surface area contributed by atoms with Gasteiger partial charge < -0.3 is 9.30 Å². The van der Waals surface area contributed by atoms with Crippen LogP contribution >= 0.6 is 15.9 Å². The number of halogens is 1. The molecule has 0 saturated heterocycles. The molecule has 2 aromatic rings. The number of rotatable bonds is 2. The maximum atomic E-state index is 5.20. The van der Waals surface area contributed by atoms with Gasteiger partial charge in [0.05, 0.1) is 7.11 Å². The third kappa shape index (κ3) is 1.85. The van der Waals surface area contributed by atoms with Crippen molar-refractivity contribution in [3.8, 4) is 17.0 Å². The van der Waals surface area contributed by atoms with Crippen LogP contribution in [0.15, 0.2) is 28.9 Å². The van der Waals surface area contributed by atoms with E-state index in [1.807, 2.05) is 42.8 Å². The summed E-state index contributed by atoms with van der Waals surface area (Å²) in [5.74, 6) is 1.82. The zero-order valence-electron chi connectivity index (χ0n) is 9.49. The molecule has 3 nitrogen and oxygen atoms in total. The minimum Gasteiger partial charge on any atom is -0.497 e. The lowest BCUT2D eigenvalue weighted by molar-refractivity contribution is 0.415. The first-order valence-electron chi connectivity index (χ1n) is 4.96. The molecule has 0 fully saturated rings. The topological polar surface area (TPSA) is 27.1 Å². The lowest BCUT2D eigenvalue weighted by Crippen LogP contribution is -1.90. The Kier molecular flexibility index (Phi) is 3.01. The van der Waals surface area contributed by atoms with E-state index >= 15 is 0 Å². The summed E-state index contributed by atoms with van der Waals surface area (Å²) in [6.45, 7) is 1.98. The fourth-order valence-corrected chi connectivity index (χ4v) is 2.11. The lowest BCUT2D eigenvalue weighted by atomic mass is 10.1. The van der Waals surface area contributed by atoms with Gasteiger partial charge in [0.25, 0.3) is 0 Å². The largest absolute Gasteiger partial charge is 0.497 e. The van der Waals surface area contributed by atoms with Crippen LogP contribution in [0.1, 0.15) is 5.82 Å². The number of ether oxygens (including phenoxy) is 1. The van der Waals surface area contributed by atoms with Gasteiger partial charge in [-0.15, -0.1) is 0 Å². The van der Waals surface area contributed by atoms with E-state index in [2.05, 4.69) is 20.9 Å². The third-order valence-electron chi connectivity index (χ3n) is 2.59. The highest BCUT2D eigenvalue weighted by molar-refractivity contribution is 9.10. The molecular formula is C12H13BrN2O. The molecule has 0 aliphatic heterocycles. The number of aryl methyl sites for hydroxylation is 1. The van der Waals surface area contributed by atoms with Crippen LogP contribution in [0.5, 0.6) is 5.75 Å². The molecule has 0 aliphatic carbocycles. The van der Waals surface area contributed by atoms with Crippen molar-refractivity contribution in [2.45, 2.75) is 6.92 Å². The molecular weight excluding hydrogens is 268 g/mol. The quantitative estimate of drug-likeness (QED) is 0.845. The van der Waals surface area contributed by atoms with E-state index in [1.54, 1.807) is 7.11 Å². The van der Waals surface area contributed by atoms with Crippen LogP contribution in [0.2, 0.25) is 0 Å². The summed E-state index contributed by atoms with van der Waals surface area (Å²) in [4.78, 5) is 4.52. The number of imidazole rings is 1. The zero-order chi connectivity index (χ0) is 11.7. The molecule has 1 aromatic heterocycles. The molecule has 0 amide bonds. The second-order valence-electron chi connectivity index (χ2n) is 3.59. The minimum absolute atomic E-state index is 0.840. The van der Waals surface area contributed by atoms with Crippen LogP contribution < -0.4 is 4.74 Å². The molecule has 16 heavy (non-hydrogen) atoms. The van der Waals surface area contributed by atoms with Gasteiger partial charge in [0, 0.05) is 12.6 Å². The third-order valence-corrected chi connectivity index (χ3v) is 3.50. The molecule has 1 heterocycles. The number of hydrogen-bond acceptors (Lipinski definition) is 2. The van der Waals surface area contributed by atoms with Crippen LogP contribution in [0, 0.1) is 6.92 Å². The summed E-state index contributed by atoms with van der Waals surface area (Å²) in [7, 11) is 3.65. The molecule has 0 saturated carbocycles. The van der Waals surface area contributed by atoms with Crippen molar-refractivity contribution < 1.29 is 4.74 Å². The Morgan fingerprint density at radius 1 is 1.38 bits per heavy atom. The van der Waals surface area contributed by atoms with Crippen molar-refractivity contribution in [3.05, 3.63) is 34.7 Å². The van der Waals surface area contributed by atoms with Gasteiger partial charge in [-0.25, -0.2) is 4.98 Å². The van der Waals surface area contributed by atoms with E-state index in [0.717, 1.165) is 27.4 Å². The van der Waals surface area contributed by atoms with E-state index in [1.165, 1.54) is 0 Å². The predicted octanol–water partition coefficient (Wildman–Crippen LogP) is 3.17. The number of hydrogen-bond donors (Lipinski definition) is 0. The van der Waals surface area contributed by atoms with Crippen LogP contribution in [0.3, 0.4) is 0 Å². The number of methoxy groups -OCH3 is 1. The smallest absolute Gasteiger partial charge is 0.119 e. The average Bonchev–Trinajstić information content (AvgIpc) is 2.57. The van der Waals surface area contributed by atoms with Gasteiger partial charge in [-0.05, 0) is 35.0 Å². The second kappa shape index (κ2) is 4.29. The summed E-state index contributed by atoms with van der Waals surface area (Å²) in [6, 6.07) is 7.89. The monoisotopic (exact) mass is 280 g/mol. The Balaban J connectivity index is 2.54. The summed E-state index contributed by atoms with van der Waals surface area (Å²) >= 11 is 3.54. The van der Waals surface area contributed by atoms with Crippen molar-refractivity contribution in [2.24, 2.45) is 7.05 Å². The Hall–Kier alpha value is -1.29. The summed E-state index contributed by atoms with van der Waals surface area (Å²) in [5, 5.41) is 0. The molecule has 0 unspecified atom stereocenters. The number of benzene rings is 1. The molecule has 0 radical (unpaired) electrons. The number of aromatic nitrogens is 2. The van der Waals surface area contributed by atoms with E-state index in [-0.39, 0.29) is 0 Å². The normalized spacial score (nSPS) is 10.5. The van der Waals surface area contributed by atoms with Gasteiger partial charge in [-0.2, -0.15) is 0 Å². The van der Waals surface area contributed by atoms with E-state index in [9.17, 15) is 0 Å². The van der Waals surface area contributed by atoms with Gasteiger partial charge >= 0.3 is 0 Å². The van der Waals surface area contributed by atoms with Crippen LogP contribution in [0.4, 0.5) is 0 Å². The van der Waals surface area contributed by atoms with Gasteiger partial charge in [-0.1, -0.05) is 12.1 Å². The second-order valence-corrected chi connectivity index (χ2v) is 4.34. The summed E-state index contributed by atoms with van der Waals surface area (Å²) in [6.07, 6.45) is 0. The van der Waals surface area contributed by atoms with Gasteiger partial charge in [0.1, 0.15) is 21.9 Å². The molecule has 2 rings (SSSR count). The number of nitrogens with zero attached hydrogens (tertiary/aromatic N) is 2. The first kappa shape index (κ1) is 11.2. The SMILES string of the molecule is COc1cccc(-c2nc(C)n(C)c2Br)c1. The Morgan fingerprint density at radius 3 is 2.69 bits per heavy atom. The predicted molar refractivity (Wildman–Crippen MR) is 67.6 cm³/mol. The van der Waals surface area contributed by atoms with Crippen molar-refractivity contribution in [2.75, 3.05) is 7.11 Å². The average molecular weight is 281 g/mol. The van der Waals surface area contributed by atoms with Gasteiger partial charge in [0.15, 0.2) is 0 Å². The maximum absolute atomic E-state index is 5.20. The summed E-state index contributed by atoms with van der Waals surface area (Å²) in [5.41, 5.74) is 1.99. The van der Waals surface area contributed by atoms with Crippen LogP contribution in [-0.4, -0.2) is 16.7 Å². The van der Waals surface area contributed by atoms with Crippen molar-refractivity contribution in [1.29, 1.82) is 0 Å². The fraction of sp³-hybridized carbons (Fsp3) is 0.250. The van der Waals surface area contributed by atoms with E-state index < -0.39 is 0 Å². The molecule has 0 bridgehead atoms.